The maximum absolute atomic E-state index is 13.2. The van der Waals surface area contributed by atoms with E-state index in [1.165, 1.54) is 12.1 Å². The highest BCUT2D eigenvalue weighted by atomic mass is 19.1. The van der Waals surface area contributed by atoms with E-state index in [9.17, 15) is 4.39 Å². The highest BCUT2D eigenvalue weighted by molar-refractivity contribution is 5.55. The lowest BCUT2D eigenvalue weighted by Crippen LogP contribution is -2.33. The second-order valence-corrected chi connectivity index (χ2v) is 4.41. The Balaban J connectivity index is 3.03. The van der Waals surface area contributed by atoms with Crippen LogP contribution in [0.15, 0.2) is 18.2 Å². The summed E-state index contributed by atoms with van der Waals surface area (Å²) in [4.78, 5) is 2.06. The molecule has 0 heterocycles. The molecule has 1 aromatic rings. The quantitative estimate of drug-likeness (QED) is 0.858. The predicted octanol–water partition coefficient (Wildman–Crippen LogP) is 2.32. The summed E-state index contributed by atoms with van der Waals surface area (Å²) in [6.45, 7) is 4.52. The molecule has 0 saturated carbocycles. The molecule has 2 atom stereocenters. The molecule has 0 bridgehead atoms. The van der Waals surface area contributed by atoms with Gasteiger partial charge in [-0.05, 0) is 37.6 Å². The zero-order chi connectivity index (χ0) is 13.0. The van der Waals surface area contributed by atoms with E-state index in [4.69, 9.17) is 10.5 Å². The standard InChI is InChI=1S/C13H21FN2O/c1-9(8-17-4)16(3)13-6-5-11(14)7-12(13)10(2)15/h5-7,9-10H,8,15H2,1-4H3/t9?,10-/m1/s1. The summed E-state index contributed by atoms with van der Waals surface area (Å²) in [5.74, 6) is -0.256. The maximum atomic E-state index is 13.2. The molecule has 0 aliphatic heterocycles. The Labute approximate surface area is 102 Å². The van der Waals surface area contributed by atoms with Crippen LogP contribution in [0, 0.1) is 5.82 Å². The summed E-state index contributed by atoms with van der Waals surface area (Å²) >= 11 is 0. The summed E-state index contributed by atoms with van der Waals surface area (Å²) in [5, 5.41) is 0. The van der Waals surface area contributed by atoms with E-state index in [0.29, 0.717) is 6.61 Å². The van der Waals surface area contributed by atoms with Crippen molar-refractivity contribution in [3.63, 3.8) is 0 Å². The minimum atomic E-state index is -0.256. The van der Waals surface area contributed by atoms with Gasteiger partial charge in [0.05, 0.1) is 6.61 Å². The van der Waals surface area contributed by atoms with E-state index in [1.807, 2.05) is 14.0 Å². The summed E-state index contributed by atoms with van der Waals surface area (Å²) in [7, 11) is 3.63. The molecule has 0 spiro atoms. The van der Waals surface area contributed by atoms with Gasteiger partial charge in [-0.3, -0.25) is 0 Å². The van der Waals surface area contributed by atoms with E-state index < -0.39 is 0 Å². The van der Waals surface area contributed by atoms with Crippen LogP contribution >= 0.6 is 0 Å². The van der Waals surface area contributed by atoms with Gasteiger partial charge in [0.2, 0.25) is 0 Å². The first-order valence-electron chi connectivity index (χ1n) is 5.74. The van der Waals surface area contributed by atoms with Crippen LogP contribution in [0.25, 0.3) is 0 Å². The van der Waals surface area contributed by atoms with E-state index >= 15 is 0 Å². The highest BCUT2D eigenvalue weighted by Crippen LogP contribution is 2.26. The number of hydrogen-bond donors (Lipinski definition) is 1. The van der Waals surface area contributed by atoms with E-state index in [0.717, 1.165) is 11.3 Å². The van der Waals surface area contributed by atoms with Gasteiger partial charge in [-0.25, -0.2) is 4.39 Å². The number of nitrogens with zero attached hydrogens (tertiary/aromatic N) is 1. The number of halogens is 1. The number of anilines is 1. The second kappa shape index (κ2) is 5.98. The van der Waals surface area contributed by atoms with E-state index in [1.54, 1.807) is 13.2 Å². The summed E-state index contributed by atoms with van der Waals surface area (Å²) in [6, 6.07) is 4.73. The monoisotopic (exact) mass is 240 g/mol. The van der Waals surface area contributed by atoms with Crippen LogP contribution in [0.5, 0.6) is 0 Å². The van der Waals surface area contributed by atoms with Crippen molar-refractivity contribution in [3.05, 3.63) is 29.6 Å². The van der Waals surface area contributed by atoms with Gasteiger partial charge in [0, 0.05) is 31.9 Å². The summed E-state index contributed by atoms with van der Waals surface area (Å²) in [5.41, 5.74) is 7.64. The minimum absolute atomic E-state index is 0.196. The molecule has 0 saturated heterocycles. The summed E-state index contributed by atoms with van der Waals surface area (Å²) in [6.07, 6.45) is 0. The SMILES string of the molecule is COCC(C)N(C)c1ccc(F)cc1[C@@H](C)N. The van der Waals surface area contributed by atoms with Crippen LogP contribution in [0.1, 0.15) is 25.5 Å². The molecule has 0 amide bonds. The molecule has 3 nitrogen and oxygen atoms in total. The van der Waals surface area contributed by atoms with Crippen molar-refractivity contribution in [2.45, 2.75) is 25.9 Å². The average molecular weight is 240 g/mol. The van der Waals surface area contributed by atoms with Crippen molar-refractivity contribution in [1.82, 2.24) is 0 Å². The number of hydrogen-bond acceptors (Lipinski definition) is 3. The number of rotatable bonds is 5. The van der Waals surface area contributed by atoms with Gasteiger partial charge in [0.15, 0.2) is 0 Å². The lowest BCUT2D eigenvalue weighted by Gasteiger charge is -2.29. The van der Waals surface area contributed by atoms with E-state index in [2.05, 4.69) is 11.8 Å². The first kappa shape index (κ1) is 13.9. The van der Waals surface area contributed by atoms with Crippen molar-refractivity contribution >= 4 is 5.69 Å². The lowest BCUT2D eigenvalue weighted by molar-refractivity contribution is 0.183. The highest BCUT2D eigenvalue weighted by Gasteiger charge is 2.16. The van der Waals surface area contributed by atoms with Crippen LogP contribution in [0.2, 0.25) is 0 Å². The Morgan fingerprint density at radius 1 is 1.41 bits per heavy atom. The van der Waals surface area contributed by atoms with Crippen molar-refractivity contribution in [3.8, 4) is 0 Å². The molecule has 0 aliphatic rings. The third kappa shape index (κ3) is 3.41. The van der Waals surface area contributed by atoms with Crippen molar-refractivity contribution in [1.29, 1.82) is 0 Å². The topological polar surface area (TPSA) is 38.5 Å². The molecule has 1 rings (SSSR count). The molecule has 1 aromatic carbocycles. The minimum Gasteiger partial charge on any atom is -0.383 e. The normalized spacial score (nSPS) is 14.5. The third-order valence-electron chi connectivity index (χ3n) is 2.93. The average Bonchev–Trinajstić information content (AvgIpc) is 2.28. The van der Waals surface area contributed by atoms with Crippen LogP contribution in [-0.4, -0.2) is 26.8 Å². The molecule has 0 radical (unpaired) electrons. The number of methoxy groups -OCH3 is 1. The fraction of sp³-hybridized carbons (Fsp3) is 0.538. The number of nitrogens with two attached hydrogens (primary N) is 1. The van der Waals surface area contributed by atoms with Crippen LogP contribution in [0.3, 0.4) is 0 Å². The van der Waals surface area contributed by atoms with Gasteiger partial charge in [0.1, 0.15) is 5.82 Å². The first-order chi connectivity index (χ1) is 7.97. The molecule has 0 aliphatic carbocycles. The van der Waals surface area contributed by atoms with Gasteiger partial charge >= 0.3 is 0 Å². The zero-order valence-electron chi connectivity index (χ0n) is 10.9. The molecule has 1 unspecified atom stereocenters. The molecule has 4 heteroatoms. The van der Waals surface area contributed by atoms with Crippen LogP contribution < -0.4 is 10.6 Å². The Bertz CT molecular complexity index is 368. The second-order valence-electron chi connectivity index (χ2n) is 4.41. The molecule has 2 N–H and O–H groups in total. The summed E-state index contributed by atoms with van der Waals surface area (Å²) < 4.78 is 18.3. The third-order valence-corrected chi connectivity index (χ3v) is 2.93. The number of benzene rings is 1. The van der Waals surface area contributed by atoms with E-state index in [-0.39, 0.29) is 17.9 Å². The van der Waals surface area contributed by atoms with Crippen molar-refractivity contribution in [2.75, 3.05) is 25.7 Å². The van der Waals surface area contributed by atoms with Crippen LogP contribution in [-0.2, 0) is 4.74 Å². The Morgan fingerprint density at radius 3 is 2.59 bits per heavy atom. The first-order valence-corrected chi connectivity index (χ1v) is 5.74. The van der Waals surface area contributed by atoms with Gasteiger partial charge < -0.3 is 15.4 Å². The largest absolute Gasteiger partial charge is 0.383 e. The molecular weight excluding hydrogens is 219 g/mol. The molecular formula is C13H21FN2O. The molecule has 17 heavy (non-hydrogen) atoms. The lowest BCUT2D eigenvalue weighted by atomic mass is 10.0. The molecule has 96 valence electrons. The number of likely N-dealkylation sites (N-methyl/N-ethyl adjacent to an activating group) is 1. The predicted molar refractivity (Wildman–Crippen MR) is 68.7 cm³/mol. The number of ether oxygens (including phenoxy) is 1. The van der Waals surface area contributed by atoms with Gasteiger partial charge in [-0.15, -0.1) is 0 Å². The van der Waals surface area contributed by atoms with Crippen LogP contribution in [0.4, 0.5) is 10.1 Å². The van der Waals surface area contributed by atoms with Gasteiger partial charge in [0.25, 0.3) is 0 Å². The Hall–Kier alpha value is -1.13. The molecule has 0 aromatic heterocycles. The fourth-order valence-corrected chi connectivity index (χ4v) is 1.80. The smallest absolute Gasteiger partial charge is 0.123 e. The fourth-order valence-electron chi connectivity index (χ4n) is 1.80. The van der Waals surface area contributed by atoms with Gasteiger partial charge in [-0.1, -0.05) is 0 Å². The zero-order valence-corrected chi connectivity index (χ0v) is 10.9. The maximum Gasteiger partial charge on any atom is 0.123 e. The Kier molecular flexibility index (Phi) is 4.90. The van der Waals surface area contributed by atoms with Crippen molar-refractivity contribution in [2.24, 2.45) is 5.73 Å². The van der Waals surface area contributed by atoms with Gasteiger partial charge in [-0.2, -0.15) is 0 Å². The Morgan fingerprint density at radius 2 is 2.06 bits per heavy atom. The van der Waals surface area contributed by atoms with Crippen molar-refractivity contribution < 1.29 is 9.13 Å². The molecule has 0 fully saturated rings.